The number of carbonyl (C=O) groups is 1. The van der Waals surface area contributed by atoms with Gasteiger partial charge in [0.05, 0.1) is 10.7 Å². The Morgan fingerprint density at radius 3 is 2.70 bits per heavy atom. The Balaban J connectivity index is 2.09. The summed E-state index contributed by atoms with van der Waals surface area (Å²) in [7, 11) is 0. The van der Waals surface area contributed by atoms with Crippen molar-refractivity contribution in [1.82, 2.24) is 10.3 Å². The van der Waals surface area contributed by atoms with Crippen molar-refractivity contribution in [3.63, 3.8) is 0 Å². The first kappa shape index (κ1) is 14.7. The van der Waals surface area contributed by atoms with Crippen molar-refractivity contribution >= 4 is 17.2 Å². The highest BCUT2D eigenvalue weighted by Gasteiger charge is 2.14. The average Bonchev–Trinajstić information content (AvgIpc) is 2.75. The van der Waals surface area contributed by atoms with E-state index in [2.05, 4.69) is 17.2 Å². The van der Waals surface area contributed by atoms with Crippen LogP contribution in [0.25, 0.3) is 0 Å². The van der Waals surface area contributed by atoms with Gasteiger partial charge >= 0.3 is 0 Å². The second-order valence-electron chi connectivity index (χ2n) is 4.81. The first-order valence-electron chi connectivity index (χ1n) is 6.54. The molecule has 0 radical (unpaired) electrons. The van der Waals surface area contributed by atoms with Crippen molar-refractivity contribution in [2.45, 2.75) is 33.4 Å². The normalized spacial score (nSPS) is 12.3. The fourth-order valence-electron chi connectivity index (χ4n) is 2.22. The highest BCUT2D eigenvalue weighted by molar-refractivity contribution is 7.11. The van der Waals surface area contributed by atoms with E-state index in [4.69, 9.17) is 5.73 Å². The lowest BCUT2D eigenvalue weighted by atomic mass is 10.1. The zero-order chi connectivity index (χ0) is 14.7. The van der Waals surface area contributed by atoms with Gasteiger partial charge in [-0.05, 0) is 32.4 Å². The van der Waals surface area contributed by atoms with Gasteiger partial charge in [-0.25, -0.2) is 4.98 Å². The number of thiazole rings is 1. The predicted molar refractivity (Wildman–Crippen MR) is 81.8 cm³/mol. The van der Waals surface area contributed by atoms with Gasteiger partial charge in [-0.15, -0.1) is 11.3 Å². The van der Waals surface area contributed by atoms with Crippen LogP contribution in [-0.2, 0) is 6.54 Å². The van der Waals surface area contributed by atoms with Crippen LogP contribution in [0.2, 0.25) is 0 Å². The van der Waals surface area contributed by atoms with E-state index in [1.807, 2.05) is 32.0 Å². The van der Waals surface area contributed by atoms with Gasteiger partial charge < -0.3 is 11.1 Å². The number of aromatic nitrogens is 1. The van der Waals surface area contributed by atoms with Crippen LogP contribution in [0.4, 0.5) is 0 Å². The molecular formula is C15H19N3OS. The molecule has 0 bridgehead atoms. The maximum atomic E-state index is 11.4. The van der Waals surface area contributed by atoms with Crippen LogP contribution in [0.5, 0.6) is 0 Å². The molecule has 2 rings (SSSR count). The quantitative estimate of drug-likeness (QED) is 0.889. The van der Waals surface area contributed by atoms with E-state index in [0.29, 0.717) is 12.1 Å². The molecule has 0 saturated carbocycles. The summed E-state index contributed by atoms with van der Waals surface area (Å²) in [4.78, 5) is 17.1. The van der Waals surface area contributed by atoms with Gasteiger partial charge in [-0.3, -0.25) is 4.79 Å². The number of nitrogens with zero attached hydrogens (tertiary/aromatic N) is 1. The number of nitrogens with two attached hydrogens (primary N) is 1. The number of rotatable bonds is 5. The monoisotopic (exact) mass is 289 g/mol. The Morgan fingerprint density at radius 1 is 1.40 bits per heavy atom. The van der Waals surface area contributed by atoms with E-state index in [1.54, 1.807) is 17.4 Å². The van der Waals surface area contributed by atoms with Gasteiger partial charge in [0.15, 0.2) is 0 Å². The standard InChI is InChI=1S/C15H19N3OS/c1-9(14-10(2)18-11(3)20-14)17-8-12-6-4-5-7-13(12)15(16)19/h4-7,9,17H,8H2,1-3H3,(H2,16,19). The number of primary amides is 1. The average molecular weight is 289 g/mol. The minimum Gasteiger partial charge on any atom is -0.366 e. The Hall–Kier alpha value is -1.72. The van der Waals surface area contributed by atoms with Crippen LogP contribution >= 0.6 is 11.3 Å². The van der Waals surface area contributed by atoms with Gasteiger partial charge in [0, 0.05) is 23.0 Å². The predicted octanol–water partition coefficient (Wildman–Crippen LogP) is 2.71. The summed E-state index contributed by atoms with van der Waals surface area (Å²) in [5.74, 6) is -0.389. The summed E-state index contributed by atoms with van der Waals surface area (Å²) in [6.07, 6.45) is 0. The molecule has 0 aliphatic carbocycles. The number of hydrogen-bond donors (Lipinski definition) is 2. The zero-order valence-electron chi connectivity index (χ0n) is 11.9. The third-order valence-corrected chi connectivity index (χ3v) is 4.47. The van der Waals surface area contributed by atoms with Gasteiger partial charge in [-0.1, -0.05) is 18.2 Å². The van der Waals surface area contributed by atoms with Crippen LogP contribution in [0.15, 0.2) is 24.3 Å². The number of hydrogen-bond acceptors (Lipinski definition) is 4. The lowest BCUT2D eigenvalue weighted by Gasteiger charge is -2.14. The number of nitrogens with one attached hydrogen (secondary N) is 1. The van der Waals surface area contributed by atoms with Gasteiger partial charge in [0.2, 0.25) is 5.91 Å². The highest BCUT2D eigenvalue weighted by atomic mass is 32.1. The minimum absolute atomic E-state index is 0.196. The summed E-state index contributed by atoms with van der Waals surface area (Å²) < 4.78 is 0. The number of benzene rings is 1. The van der Waals surface area contributed by atoms with Gasteiger partial charge in [0.1, 0.15) is 0 Å². The fourth-order valence-corrected chi connectivity index (χ4v) is 3.17. The Kier molecular flexibility index (Phi) is 4.52. The van der Waals surface area contributed by atoms with E-state index < -0.39 is 0 Å². The van der Waals surface area contributed by atoms with Crippen molar-refractivity contribution in [2.24, 2.45) is 5.73 Å². The molecule has 1 aromatic heterocycles. The topological polar surface area (TPSA) is 68.0 Å². The van der Waals surface area contributed by atoms with Crippen LogP contribution in [0.1, 0.15) is 44.5 Å². The third kappa shape index (κ3) is 3.23. The number of carbonyl (C=O) groups excluding carboxylic acids is 1. The van der Waals surface area contributed by atoms with Crippen LogP contribution in [0.3, 0.4) is 0 Å². The summed E-state index contributed by atoms with van der Waals surface area (Å²) in [6, 6.07) is 7.61. The summed E-state index contributed by atoms with van der Waals surface area (Å²) in [5, 5.41) is 4.50. The molecule has 2 aromatic rings. The molecular weight excluding hydrogens is 270 g/mol. The molecule has 1 amide bonds. The summed E-state index contributed by atoms with van der Waals surface area (Å²) in [5.41, 5.74) is 7.95. The molecule has 106 valence electrons. The van der Waals surface area contributed by atoms with Crippen molar-refractivity contribution in [3.8, 4) is 0 Å². The molecule has 0 spiro atoms. The molecule has 1 atom stereocenters. The zero-order valence-corrected chi connectivity index (χ0v) is 12.8. The van der Waals surface area contributed by atoms with Crippen molar-refractivity contribution in [1.29, 1.82) is 0 Å². The second kappa shape index (κ2) is 6.15. The van der Waals surface area contributed by atoms with Crippen LogP contribution in [-0.4, -0.2) is 10.9 Å². The summed E-state index contributed by atoms with van der Waals surface area (Å²) in [6.45, 7) is 6.74. The minimum atomic E-state index is -0.389. The van der Waals surface area contributed by atoms with E-state index in [-0.39, 0.29) is 11.9 Å². The first-order valence-corrected chi connectivity index (χ1v) is 7.35. The van der Waals surface area contributed by atoms with E-state index in [1.165, 1.54) is 4.88 Å². The Labute approximate surface area is 123 Å². The molecule has 4 nitrogen and oxygen atoms in total. The molecule has 0 fully saturated rings. The second-order valence-corrected chi connectivity index (χ2v) is 6.04. The van der Waals surface area contributed by atoms with E-state index >= 15 is 0 Å². The van der Waals surface area contributed by atoms with Gasteiger partial charge in [-0.2, -0.15) is 0 Å². The number of amides is 1. The molecule has 1 aromatic carbocycles. The lowest BCUT2D eigenvalue weighted by molar-refractivity contribution is 0.0999. The SMILES string of the molecule is Cc1nc(C)c(C(C)NCc2ccccc2C(N)=O)s1. The molecule has 1 heterocycles. The van der Waals surface area contributed by atoms with Crippen molar-refractivity contribution in [2.75, 3.05) is 0 Å². The van der Waals surface area contributed by atoms with Crippen LogP contribution < -0.4 is 11.1 Å². The van der Waals surface area contributed by atoms with Crippen molar-refractivity contribution < 1.29 is 4.79 Å². The Bertz CT molecular complexity index is 621. The molecule has 0 aliphatic rings. The highest BCUT2D eigenvalue weighted by Crippen LogP contribution is 2.24. The maximum Gasteiger partial charge on any atom is 0.249 e. The van der Waals surface area contributed by atoms with Crippen molar-refractivity contribution in [3.05, 3.63) is 51.0 Å². The largest absolute Gasteiger partial charge is 0.366 e. The molecule has 20 heavy (non-hydrogen) atoms. The van der Waals surface area contributed by atoms with E-state index in [9.17, 15) is 4.79 Å². The molecule has 0 aliphatic heterocycles. The Morgan fingerprint density at radius 2 is 2.10 bits per heavy atom. The number of aryl methyl sites for hydroxylation is 2. The molecule has 0 saturated heterocycles. The smallest absolute Gasteiger partial charge is 0.249 e. The molecule has 3 N–H and O–H groups in total. The van der Waals surface area contributed by atoms with E-state index in [0.717, 1.165) is 16.3 Å². The van der Waals surface area contributed by atoms with Gasteiger partial charge in [0.25, 0.3) is 0 Å². The molecule has 5 heteroatoms. The summed E-state index contributed by atoms with van der Waals surface area (Å²) >= 11 is 1.70. The van der Waals surface area contributed by atoms with Crippen LogP contribution in [0, 0.1) is 13.8 Å². The third-order valence-electron chi connectivity index (χ3n) is 3.21. The molecule has 1 unspecified atom stereocenters. The maximum absolute atomic E-state index is 11.4. The first-order chi connectivity index (χ1) is 9.49. The lowest BCUT2D eigenvalue weighted by Crippen LogP contribution is -2.21. The fraction of sp³-hybridized carbons (Fsp3) is 0.333.